The van der Waals surface area contributed by atoms with Crippen LogP contribution in [0.25, 0.3) is 22.3 Å². The summed E-state index contributed by atoms with van der Waals surface area (Å²) in [5, 5.41) is 27.8. The van der Waals surface area contributed by atoms with E-state index in [0.29, 0.717) is 11.4 Å². The standard InChI is InChI=1S/2C19H25N6O14P3/c1-21-10-5-3-2-4-9(10)18(28)38-14-11(6-36-42(34,35)39-41(32,33)8-40(29,30)31)37-17(13(14)26)25-7-22-12-15(25)23-19(20)24-16(12)27;1-21-10-5-3-2-4-9(10)18(28)38-14-13(26)11(6-36-42(34,35)39-41(32,33)8-40(29,30)31)37-17(14)25-7-22-12-15(25)23-19(20)24-16(12)27/h2*2-5,7,11,13-14,17,21,26H,6,8H2,1H3,(H,32,33)(H,34,35)(H2,29,30,31)(H3,20,23,24,27)/t2*11-,13-,14-,17-/m11/s1. The van der Waals surface area contributed by atoms with Crippen molar-refractivity contribution in [2.24, 2.45) is 0 Å². The molecule has 40 nitrogen and oxygen atoms in total. The highest BCUT2D eigenvalue weighted by molar-refractivity contribution is 7.74. The molecule has 2 aliphatic rings. The molecule has 8 rings (SSSR count). The van der Waals surface area contributed by atoms with Gasteiger partial charge in [0.1, 0.15) is 24.4 Å². The Bertz CT molecular complexity index is 3870. The number of nitrogens with zero attached hydrogens (tertiary/aromatic N) is 6. The van der Waals surface area contributed by atoms with Crippen LogP contribution in [-0.4, -0.2) is 176 Å². The van der Waals surface area contributed by atoms with Gasteiger partial charge in [0.2, 0.25) is 11.9 Å². The largest absolute Gasteiger partial charge is 0.479 e. The molecule has 0 amide bonds. The molecule has 84 heavy (non-hydrogen) atoms. The van der Waals surface area contributed by atoms with Gasteiger partial charge in [-0.05, 0) is 24.3 Å². The Labute approximate surface area is 467 Å². The SMILES string of the molecule is CNc1ccccc1C(=O)O[C@@H]1[C@H](O)[C@@H](COP(=O)(O)OP(=O)(O)CP(=O)(O)O)O[C@H]1n1cnc2c(=O)[nH]c(N)nc21.CNc1ccccc1C(=O)O[C@H]1[C@@H](O)[C@H](n2cnc3c(=O)[nH]c(N)nc32)O[C@@H]1COP(=O)(O)OP(=O)(O)CP(=O)(O)O. The predicted molar refractivity (Wildman–Crippen MR) is 283 cm³/mol. The third-order valence-corrected chi connectivity index (χ3v) is 21.8. The van der Waals surface area contributed by atoms with Crippen LogP contribution < -0.4 is 33.2 Å². The number of para-hydroxylation sites is 2. The van der Waals surface area contributed by atoms with Gasteiger partial charge in [0.05, 0.1) is 37.0 Å². The number of carbonyl (C=O) groups is 2. The summed E-state index contributed by atoms with van der Waals surface area (Å²) in [6, 6.07) is 12.4. The quantitative estimate of drug-likeness (QED) is 0.0297. The highest BCUT2D eigenvalue weighted by atomic mass is 31.3. The molecule has 0 aliphatic carbocycles. The monoisotopic (exact) mass is 1310 g/mol. The summed E-state index contributed by atoms with van der Waals surface area (Å²) >= 11 is 0. The number of aromatic amines is 2. The van der Waals surface area contributed by atoms with Gasteiger partial charge in [0.15, 0.2) is 58.8 Å². The van der Waals surface area contributed by atoms with E-state index in [1.807, 2.05) is 0 Å². The topological polar surface area (TPSA) is 616 Å². The number of imidazole rings is 2. The Morgan fingerprint density at radius 1 is 0.607 bits per heavy atom. The van der Waals surface area contributed by atoms with E-state index in [1.165, 1.54) is 18.2 Å². The third kappa shape index (κ3) is 16.3. The maximum absolute atomic E-state index is 13.1. The normalized spacial score (nSPS) is 23.8. The van der Waals surface area contributed by atoms with Gasteiger partial charge in [-0.3, -0.25) is 56.0 Å². The summed E-state index contributed by atoms with van der Waals surface area (Å²) < 4.78 is 113. The van der Waals surface area contributed by atoms with Gasteiger partial charge in [0, 0.05) is 25.5 Å². The number of benzene rings is 2. The van der Waals surface area contributed by atoms with Crippen molar-refractivity contribution in [1.82, 2.24) is 39.0 Å². The first kappa shape index (κ1) is 65.6. The molecular weight excluding hydrogens is 1260 g/mol. The number of nitrogens with two attached hydrogens (primary N) is 2. The summed E-state index contributed by atoms with van der Waals surface area (Å²) in [7, 11) is -28.8. The van der Waals surface area contributed by atoms with Crippen molar-refractivity contribution in [2.45, 2.75) is 49.1 Å². The maximum Gasteiger partial charge on any atom is 0.479 e. The fourth-order valence-corrected chi connectivity index (χ4v) is 16.7. The number of nitrogen functional groups attached to an aromatic ring is 2. The van der Waals surface area contributed by atoms with Crippen molar-refractivity contribution < 1.29 is 123 Å². The van der Waals surface area contributed by atoms with Gasteiger partial charge in [0.25, 0.3) is 11.1 Å². The summed E-state index contributed by atoms with van der Waals surface area (Å²) in [5.41, 5.74) is 10.0. The van der Waals surface area contributed by atoms with E-state index in [0.717, 1.165) is 21.8 Å². The highest BCUT2D eigenvalue weighted by Gasteiger charge is 2.52. The molecule has 4 aromatic heterocycles. The molecule has 6 heterocycles. The van der Waals surface area contributed by atoms with Crippen LogP contribution in [0.5, 0.6) is 0 Å². The van der Waals surface area contributed by atoms with Crippen LogP contribution in [0.3, 0.4) is 0 Å². The molecular formula is C38H50N12O28P6. The number of carbonyl (C=O) groups excluding carboxylic acids is 2. The minimum absolute atomic E-state index is 0.0409. The molecule has 0 saturated carbocycles. The predicted octanol–water partition coefficient (Wildman–Crippen LogP) is -0.637. The lowest BCUT2D eigenvalue weighted by Gasteiger charge is -2.22. The number of aliphatic hydroxyl groups excluding tert-OH is 2. The zero-order chi connectivity index (χ0) is 62.1. The number of rotatable bonds is 22. The Kier molecular flexibility index (Phi) is 19.9. The number of hydrogen-bond acceptors (Lipinski definition) is 28. The highest BCUT2D eigenvalue weighted by Crippen LogP contribution is 2.66. The molecule has 6 aromatic rings. The molecule has 2 fully saturated rings. The molecule has 12 atom stereocenters. The molecule has 18 N–H and O–H groups in total. The van der Waals surface area contributed by atoms with E-state index in [1.54, 1.807) is 44.4 Å². The number of H-pyrrole nitrogens is 2. The first-order valence-electron chi connectivity index (χ1n) is 23.2. The number of fused-ring (bicyclic) bond motifs is 2. The van der Waals surface area contributed by atoms with Crippen molar-refractivity contribution in [3.8, 4) is 0 Å². The van der Waals surface area contributed by atoms with Gasteiger partial charge in [-0.15, -0.1) is 0 Å². The molecule has 46 heteroatoms. The maximum atomic E-state index is 13.1. The summed E-state index contributed by atoms with van der Waals surface area (Å²) in [6.45, 7) is -2.04. The number of phosphoric acid groups is 2. The molecule has 0 bridgehead atoms. The molecule has 2 aromatic carbocycles. The number of aromatic nitrogens is 8. The summed E-state index contributed by atoms with van der Waals surface area (Å²) in [6.07, 6.45) is -10.8. The lowest BCUT2D eigenvalue weighted by Crippen LogP contribution is -2.38. The zero-order valence-corrected chi connectivity index (χ0v) is 47.9. The van der Waals surface area contributed by atoms with E-state index in [2.05, 4.69) is 53.7 Å². The average molecular weight is 1310 g/mol. The Balaban J connectivity index is 0.000000241. The fourth-order valence-electron chi connectivity index (χ4n) is 8.05. The van der Waals surface area contributed by atoms with Gasteiger partial charge in [-0.25, -0.2) is 37.3 Å². The number of anilines is 4. The summed E-state index contributed by atoms with van der Waals surface area (Å²) in [4.78, 5) is 146. The number of esters is 2. The number of ether oxygens (including phenoxy) is 4. The van der Waals surface area contributed by atoms with Crippen molar-refractivity contribution in [2.75, 3.05) is 61.2 Å². The van der Waals surface area contributed by atoms with E-state index >= 15 is 0 Å². The van der Waals surface area contributed by atoms with E-state index in [4.69, 9.17) is 54.5 Å². The van der Waals surface area contributed by atoms with E-state index in [-0.39, 0.29) is 45.4 Å². The second-order valence-corrected chi connectivity index (χ2v) is 28.7. The molecule has 0 spiro atoms. The third-order valence-electron chi connectivity index (χ3n) is 11.4. The minimum atomic E-state index is -5.50. The molecule has 2 aliphatic heterocycles. The van der Waals surface area contributed by atoms with Crippen LogP contribution in [0.4, 0.5) is 23.3 Å². The Morgan fingerprint density at radius 2 is 1.00 bits per heavy atom. The van der Waals surface area contributed by atoms with E-state index < -0.39 is 143 Å². The number of aliphatic hydroxyl groups is 2. The second kappa shape index (κ2) is 25.5. The van der Waals surface area contributed by atoms with Crippen LogP contribution in [0.15, 0.2) is 70.8 Å². The Hall–Kier alpha value is -5.98. The number of nitrogens with one attached hydrogen (secondary N) is 4. The smallest absolute Gasteiger partial charge is 0.453 e. The summed E-state index contributed by atoms with van der Waals surface area (Å²) in [5.74, 6) is -6.03. The first-order valence-corrected chi connectivity index (χ1v) is 33.3. The molecule has 2 saturated heterocycles. The van der Waals surface area contributed by atoms with Crippen molar-refractivity contribution in [3.05, 3.63) is 93.0 Å². The average Bonchev–Trinajstić information content (AvgIpc) is 2.32. The van der Waals surface area contributed by atoms with Crippen molar-refractivity contribution >= 4 is 104 Å². The molecule has 4 unspecified atom stereocenters. The Morgan fingerprint density at radius 3 is 1.43 bits per heavy atom. The lowest BCUT2D eigenvalue weighted by molar-refractivity contribution is -0.0557. The first-order chi connectivity index (χ1) is 39.0. The number of phosphoric ester groups is 2. The zero-order valence-electron chi connectivity index (χ0n) is 42.6. The molecule has 0 radical (unpaired) electrons. The van der Waals surface area contributed by atoms with Gasteiger partial charge < -0.3 is 90.4 Å². The van der Waals surface area contributed by atoms with Crippen molar-refractivity contribution in [1.29, 1.82) is 0 Å². The fraction of sp³-hybridized carbons (Fsp3) is 0.368. The van der Waals surface area contributed by atoms with Crippen LogP contribution in [0.1, 0.15) is 33.2 Å². The van der Waals surface area contributed by atoms with Gasteiger partial charge >= 0.3 is 58.0 Å². The second-order valence-electron chi connectivity index (χ2n) is 17.6. The minimum Gasteiger partial charge on any atom is -0.453 e. The lowest BCUT2D eigenvalue weighted by atomic mass is 10.1. The van der Waals surface area contributed by atoms with Crippen LogP contribution in [-0.2, 0) is 64.0 Å². The van der Waals surface area contributed by atoms with Crippen LogP contribution in [0, 0.1) is 0 Å². The van der Waals surface area contributed by atoms with Crippen LogP contribution >= 0.6 is 46.0 Å². The molecule has 460 valence electrons. The van der Waals surface area contributed by atoms with Gasteiger partial charge in [-0.1, -0.05) is 24.3 Å². The van der Waals surface area contributed by atoms with Crippen LogP contribution in [0.2, 0.25) is 0 Å². The van der Waals surface area contributed by atoms with Crippen molar-refractivity contribution in [3.63, 3.8) is 0 Å². The van der Waals surface area contributed by atoms with E-state index in [9.17, 15) is 76.4 Å². The van der Waals surface area contributed by atoms with Gasteiger partial charge in [-0.2, -0.15) is 9.97 Å². The number of hydrogen-bond donors (Lipinski definition) is 16.